The molecule has 1 aromatic carbocycles. The second kappa shape index (κ2) is 7.06. The number of nitrogens with one attached hydrogen (secondary N) is 1. The first kappa shape index (κ1) is 14.5. The third-order valence-corrected chi connectivity index (χ3v) is 4.15. The highest BCUT2D eigenvalue weighted by Gasteiger charge is 2.28. The molecule has 4 heteroatoms. The van der Waals surface area contributed by atoms with Gasteiger partial charge >= 0.3 is 5.97 Å². The Labute approximate surface area is 123 Å². The van der Waals surface area contributed by atoms with Crippen LogP contribution in [0.2, 0.25) is 0 Å². The third-order valence-electron chi connectivity index (χ3n) is 3.66. The topological polar surface area (TPSA) is 30.7 Å². The molecule has 0 atom stereocenters. The number of esters is 1. The van der Waals surface area contributed by atoms with Gasteiger partial charge in [0.2, 0.25) is 0 Å². The van der Waals surface area contributed by atoms with E-state index < -0.39 is 0 Å². The molecule has 0 saturated carbocycles. The number of quaternary nitrogens is 1. The Bertz CT molecular complexity index is 428. The van der Waals surface area contributed by atoms with Gasteiger partial charge in [-0.1, -0.05) is 28.1 Å². The maximum atomic E-state index is 11.7. The van der Waals surface area contributed by atoms with Crippen LogP contribution in [0.3, 0.4) is 0 Å². The Morgan fingerprint density at radius 2 is 2.16 bits per heavy atom. The zero-order valence-corrected chi connectivity index (χ0v) is 12.9. The van der Waals surface area contributed by atoms with Gasteiger partial charge in [0.15, 0.2) is 0 Å². The highest BCUT2D eigenvalue weighted by Crippen LogP contribution is 2.13. The molecule has 0 aliphatic carbocycles. The molecule has 2 rings (SSSR count). The predicted molar refractivity (Wildman–Crippen MR) is 77.9 cm³/mol. The van der Waals surface area contributed by atoms with E-state index in [1.165, 1.54) is 5.56 Å². The van der Waals surface area contributed by atoms with E-state index in [-0.39, 0.29) is 11.9 Å². The van der Waals surface area contributed by atoms with E-state index in [0.29, 0.717) is 6.61 Å². The lowest BCUT2D eigenvalue weighted by Gasteiger charge is -2.28. The molecule has 3 nitrogen and oxygen atoms in total. The van der Waals surface area contributed by atoms with E-state index in [1.54, 1.807) is 4.90 Å². The molecule has 0 radical (unpaired) electrons. The summed E-state index contributed by atoms with van der Waals surface area (Å²) in [6, 6.07) is 8.45. The van der Waals surface area contributed by atoms with Crippen molar-refractivity contribution >= 4 is 21.9 Å². The zero-order chi connectivity index (χ0) is 13.7. The molecule has 1 fully saturated rings. The number of piperidine rings is 1. The summed E-state index contributed by atoms with van der Waals surface area (Å²) in [5.41, 5.74) is 1.35. The highest BCUT2D eigenvalue weighted by molar-refractivity contribution is 9.10. The Morgan fingerprint density at radius 1 is 1.42 bits per heavy atom. The number of rotatable bonds is 4. The van der Waals surface area contributed by atoms with Crippen molar-refractivity contribution in [2.24, 2.45) is 5.92 Å². The maximum absolute atomic E-state index is 11.7. The van der Waals surface area contributed by atoms with Crippen LogP contribution in [0.4, 0.5) is 0 Å². The minimum atomic E-state index is -0.0102. The van der Waals surface area contributed by atoms with Crippen molar-refractivity contribution in [1.29, 1.82) is 0 Å². The Kier molecular flexibility index (Phi) is 5.40. The van der Waals surface area contributed by atoms with Crippen LogP contribution in [0.25, 0.3) is 0 Å². The van der Waals surface area contributed by atoms with Crippen molar-refractivity contribution in [3.05, 3.63) is 34.3 Å². The lowest BCUT2D eigenvalue weighted by Crippen LogP contribution is -3.11. The molecule has 1 aliphatic heterocycles. The van der Waals surface area contributed by atoms with E-state index in [4.69, 9.17) is 4.74 Å². The van der Waals surface area contributed by atoms with E-state index in [9.17, 15) is 4.79 Å². The molecule has 0 aromatic heterocycles. The molecular formula is C15H21BrNO2+. The number of hydrogen-bond acceptors (Lipinski definition) is 2. The second-order valence-corrected chi connectivity index (χ2v) is 6.00. The Morgan fingerprint density at radius 3 is 2.79 bits per heavy atom. The standard InChI is InChI=1S/C15H20BrNO2/c1-2-19-15(18)13-6-8-17(9-7-13)11-12-4-3-5-14(16)10-12/h3-5,10,13H,2,6-9,11H2,1H3/p+1. The van der Waals surface area contributed by atoms with Gasteiger partial charge < -0.3 is 9.64 Å². The first-order valence-corrected chi connectivity index (χ1v) is 7.73. The van der Waals surface area contributed by atoms with Gasteiger partial charge in [0.05, 0.1) is 25.6 Å². The first-order valence-electron chi connectivity index (χ1n) is 6.93. The zero-order valence-electron chi connectivity index (χ0n) is 11.3. The average Bonchev–Trinajstić information content (AvgIpc) is 2.40. The quantitative estimate of drug-likeness (QED) is 0.855. The van der Waals surface area contributed by atoms with Crippen LogP contribution in [0.5, 0.6) is 0 Å². The molecule has 0 bridgehead atoms. The van der Waals surface area contributed by atoms with Crippen molar-refractivity contribution in [2.75, 3.05) is 19.7 Å². The van der Waals surface area contributed by atoms with Gasteiger partial charge in [0.25, 0.3) is 0 Å². The van der Waals surface area contributed by atoms with Crippen LogP contribution in [0, 0.1) is 5.92 Å². The van der Waals surface area contributed by atoms with Crippen molar-refractivity contribution in [2.45, 2.75) is 26.3 Å². The number of ether oxygens (including phenoxy) is 1. The van der Waals surface area contributed by atoms with Gasteiger partial charge in [0, 0.05) is 22.9 Å². The average molecular weight is 327 g/mol. The lowest BCUT2D eigenvalue weighted by molar-refractivity contribution is -0.919. The number of halogens is 1. The summed E-state index contributed by atoms with van der Waals surface area (Å²) in [4.78, 5) is 13.2. The van der Waals surface area contributed by atoms with E-state index >= 15 is 0 Å². The summed E-state index contributed by atoms with van der Waals surface area (Å²) < 4.78 is 6.23. The number of benzene rings is 1. The number of hydrogen-bond donors (Lipinski definition) is 1. The number of carbonyl (C=O) groups is 1. The van der Waals surface area contributed by atoms with Crippen molar-refractivity contribution in [3.63, 3.8) is 0 Å². The Balaban J connectivity index is 1.82. The van der Waals surface area contributed by atoms with Crippen LogP contribution in [-0.2, 0) is 16.1 Å². The van der Waals surface area contributed by atoms with Gasteiger partial charge in [-0.15, -0.1) is 0 Å². The number of likely N-dealkylation sites (tertiary alicyclic amines) is 1. The molecule has 1 aromatic rings. The Hall–Kier alpha value is -0.870. The summed E-state index contributed by atoms with van der Waals surface area (Å²) in [6.07, 6.45) is 1.89. The summed E-state index contributed by atoms with van der Waals surface area (Å²) >= 11 is 3.50. The van der Waals surface area contributed by atoms with Gasteiger partial charge in [-0.25, -0.2) is 0 Å². The van der Waals surface area contributed by atoms with Gasteiger partial charge in [-0.2, -0.15) is 0 Å². The second-order valence-electron chi connectivity index (χ2n) is 5.08. The summed E-state index contributed by atoms with van der Waals surface area (Å²) in [5, 5.41) is 0. The molecule has 19 heavy (non-hydrogen) atoms. The van der Waals surface area contributed by atoms with Crippen LogP contribution < -0.4 is 4.90 Å². The van der Waals surface area contributed by atoms with Crippen LogP contribution in [0.1, 0.15) is 25.3 Å². The SMILES string of the molecule is CCOC(=O)C1CC[NH+](Cc2cccc(Br)c2)CC1. The summed E-state index contributed by atoms with van der Waals surface area (Å²) in [7, 11) is 0. The maximum Gasteiger partial charge on any atom is 0.309 e. The normalized spacial score (nSPS) is 23.1. The first-order chi connectivity index (χ1) is 9.19. The van der Waals surface area contributed by atoms with Crippen molar-refractivity contribution < 1.29 is 14.4 Å². The van der Waals surface area contributed by atoms with E-state index in [0.717, 1.165) is 36.9 Å². The minimum absolute atomic E-state index is 0.0102. The predicted octanol–water partition coefficient (Wildman–Crippen LogP) is 1.81. The van der Waals surface area contributed by atoms with E-state index in [1.807, 2.05) is 13.0 Å². The fourth-order valence-corrected chi connectivity index (χ4v) is 3.08. The van der Waals surface area contributed by atoms with Crippen LogP contribution >= 0.6 is 15.9 Å². The third kappa shape index (κ3) is 4.32. The summed E-state index contributed by atoms with van der Waals surface area (Å²) in [6.45, 7) is 5.50. The minimum Gasteiger partial charge on any atom is -0.466 e. The van der Waals surface area contributed by atoms with Crippen LogP contribution in [0.15, 0.2) is 28.7 Å². The fourth-order valence-electron chi connectivity index (χ4n) is 2.63. The van der Waals surface area contributed by atoms with Crippen molar-refractivity contribution in [3.8, 4) is 0 Å². The molecule has 0 amide bonds. The molecule has 1 saturated heterocycles. The molecule has 1 aliphatic rings. The van der Waals surface area contributed by atoms with Gasteiger partial charge in [-0.05, 0) is 19.1 Å². The lowest BCUT2D eigenvalue weighted by atomic mass is 9.96. The molecule has 0 unspecified atom stereocenters. The molecule has 0 spiro atoms. The van der Waals surface area contributed by atoms with Gasteiger partial charge in [0.1, 0.15) is 6.54 Å². The monoisotopic (exact) mass is 326 g/mol. The molecular weight excluding hydrogens is 306 g/mol. The van der Waals surface area contributed by atoms with Gasteiger partial charge in [-0.3, -0.25) is 4.79 Å². The van der Waals surface area contributed by atoms with Crippen LogP contribution in [-0.4, -0.2) is 25.7 Å². The summed E-state index contributed by atoms with van der Waals surface area (Å²) in [5.74, 6) is 0.107. The largest absolute Gasteiger partial charge is 0.466 e. The highest BCUT2D eigenvalue weighted by atomic mass is 79.9. The van der Waals surface area contributed by atoms with E-state index in [2.05, 4.69) is 34.1 Å². The van der Waals surface area contributed by atoms with Crippen molar-refractivity contribution in [1.82, 2.24) is 0 Å². The molecule has 1 N–H and O–H groups in total. The molecule has 1 heterocycles. The fraction of sp³-hybridized carbons (Fsp3) is 0.533. The molecule has 104 valence electrons. The smallest absolute Gasteiger partial charge is 0.309 e. The number of carbonyl (C=O) groups excluding carboxylic acids is 1.